The van der Waals surface area contributed by atoms with Crippen molar-refractivity contribution in [3.8, 4) is 0 Å². The van der Waals surface area contributed by atoms with Gasteiger partial charge in [-0.05, 0) is 62.0 Å². The molecule has 0 radical (unpaired) electrons. The van der Waals surface area contributed by atoms with E-state index in [1.165, 1.54) is 6.07 Å². The van der Waals surface area contributed by atoms with Crippen molar-refractivity contribution in [2.24, 2.45) is 22.7 Å². The van der Waals surface area contributed by atoms with Gasteiger partial charge in [0.1, 0.15) is 5.60 Å². The molecule has 4 aliphatic carbocycles. The van der Waals surface area contributed by atoms with Crippen LogP contribution in [-0.2, 0) is 4.74 Å². The summed E-state index contributed by atoms with van der Waals surface area (Å²) in [6.07, 6.45) is 4.18. The Bertz CT molecular complexity index is 941. The number of aliphatic hydroxyl groups is 4. The average Bonchev–Trinajstić information content (AvgIpc) is 3.39. The first-order valence-corrected chi connectivity index (χ1v) is 11.7. The highest BCUT2D eigenvalue weighted by Crippen LogP contribution is 2.78. The number of ether oxygens (including phenoxy) is 1. The van der Waals surface area contributed by atoms with Gasteiger partial charge >= 0.3 is 5.63 Å². The van der Waals surface area contributed by atoms with E-state index < -0.39 is 28.8 Å². The Kier molecular flexibility index (Phi) is 4.07. The summed E-state index contributed by atoms with van der Waals surface area (Å²) in [7, 11) is 0. The maximum Gasteiger partial charge on any atom is 0.335 e. The van der Waals surface area contributed by atoms with E-state index in [0.717, 1.165) is 12.0 Å². The van der Waals surface area contributed by atoms with Crippen molar-refractivity contribution < 1.29 is 29.6 Å². The van der Waals surface area contributed by atoms with Crippen LogP contribution in [0.1, 0.15) is 63.4 Å². The lowest BCUT2D eigenvalue weighted by molar-refractivity contribution is -0.265. The van der Waals surface area contributed by atoms with Crippen LogP contribution in [0.15, 0.2) is 27.6 Å². The van der Waals surface area contributed by atoms with Crippen molar-refractivity contribution in [2.75, 3.05) is 6.61 Å². The van der Waals surface area contributed by atoms with Gasteiger partial charge in [-0.3, -0.25) is 0 Å². The molecule has 7 nitrogen and oxygen atoms in total. The minimum Gasteiger partial charge on any atom is -0.431 e. The number of rotatable bonds is 2. The summed E-state index contributed by atoms with van der Waals surface area (Å²) in [5.41, 5.74) is -2.11. The first kappa shape index (κ1) is 20.4. The van der Waals surface area contributed by atoms with E-state index in [0.29, 0.717) is 32.1 Å². The second kappa shape index (κ2) is 6.20. The quantitative estimate of drug-likeness (QED) is 0.520. The molecule has 31 heavy (non-hydrogen) atoms. The molecule has 10 atom stereocenters. The van der Waals surface area contributed by atoms with Crippen molar-refractivity contribution >= 4 is 0 Å². The molecule has 4 saturated carbocycles. The van der Waals surface area contributed by atoms with E-state index in [9.17, 15) is 25.2 Å². The third-order valence-electron chi connectivity index (χ3n) is 10.2. The average molecular weight is 433 g/mol. The van der Waals surface area contributed by atoms with Gasteiger partial charge in [-0.15, -0.1) is 0 Å². The summed E-state index contributed by atoms with van der Waals surface area (Å²) in [5, 5.41) is 44.0. The largest absolute Gasteiger partial charge is 0.431 e. The van der Waals surface area contributed by atoms with Crippen molar-refractivity contribution in [1.82, 2.24) is 0 Å². The van der Waals surface area contributed by atoms with Gasteiger partial charge in [0.2, 0.25) is 0 Å². The van der Waals surface area contributed by atoms with Crippen LogP contribution in [0.2, 0.25) is 0 Å². The van der Waals surface area contributed by atoms with Crippen LogP contribution in [-0.4, -0.2) is 56.5 Å². The molecule has 5 fully saturated rings. The van der Waals surface area contributed by atoms with E-state index in [-0.39, 0.29) is 47.9 Å². The van der Waals surface area contributed by atoms with Gasteiger partial charge < -0.3 is 29.6 Å². The first-order valence-electron chi connectivity index (χ1n) is 11.7. The molecule has 0 unspecified atom stereocenters. The molecule has 2 heterocycles. The Morgan fingerprint density at radius 1 is 1.16 bits per heavy atom. The molecule has 170 valence electrons. The topological polar surface area (TPSA) is 124 Å². The van der Waals surface area contributed by atoms with Crippen LogP contribution in [0.25, 0.3) is 0 Å². The van der Waals surface area contributed by atoms with Crippen molar-refractivity contribution in [1.29, 1.82) is 0 Å². The fourth-order valence-electron chi connectivity index (χ4n) is 8.95. The van der Waals surface area contributed by atoms with Gasteiger partial charge in [0.05, 0.1) is 36.8 Å². The van der Waals surface area contributed by atoms with Gasteiger partial charge in [-0.2, -0.15) is 0 Å². The fourth-order valence-corrected chi connectivity index (χ4v) is 8.95. The van der Waals surface area contributed by atoms with E-state index in [2.05, 4.69) is 6.92 Å². The molecule has 0 bridgehead atoms. The Morgan fingerprint density at radius 2 is 1.97 bits per heavy atom. The van der Waals surface area contributed by atoms with E-state index in [1.807, 2.05) is 6.07 Å². The molecule has 6 rings (SSSR count). The number of fused-ring (bicyclic) bond motifs is 3. The van der Waals surface area contributed by atoms with Crippen molar-refractivity contribution in [3.05, 3.63) is 34.4 Å². The van der Waals surface area contributed by atoms with Crippen molar-refractivity contribution in [3.63, 3.8) is 0 Å². The van der Waals surface area contributed by atoms with Gasteiger partial charge in [-0.1, -0.05) is 6.92 Å². The van der Waals surface area contributed by atoms with Crippen LogP contribution in [0.5, 0.6) is 0 Å². The molecular formula is C24H32O7. The summed E-state index contributed by atoms with van der Waals surface area (Å²) in [6, 6.07) is 3.28. The predicted molar refractivity (Wildman–Crippen MR) is 109 cm³/mol. The van der Waals surface area contributed by atoms with Crippen LogP contribution < -0.4 is 5.63 Å². The maximum absolute atomic E-state index is 11.6. The Balaban J connectivity index is 1.42. The minimum atomic E-state index is -1.17. The molecular weight excluding hydrogens is 400 g/mol. The predicted octanol–water partition coefficient (Wildman–Crippen LogP) is 1.32. The Hall–Kier alpha value is -1.25. The Labute approximate surface area is 181 Å². The molecule has 0 aromatic carbocycles. The van der Waals surface area contributed by atoms with Gasteiger partial charge in [-0.25, -0.2) is 4.79 Å². The lowest BCUT2D eigenvalue weighted by Crippen LogP contribution is -2.70. The van der Waals surface area contributed by atoms with Crippen LogP contribution in [0.3, 0.4) is 0 Å². The molecule has 7 heteroatoms. The SMILES string of the molecule is C[C@]12C[C@@H](O)[C@H]3[C@@H](CC[C@]4(O)C[C@@H](O)CC[C@]34CO)[C@]13O[C@@H]3C[C@@H]2c1ccc(=O)oc1. The monoisotopic (exact) mass is 432 g/mol. The highest BCUT2D eigenvalue weighted by atomic mass is 16.6. The third kappa shape index (κ3) is 2.29. The summed E-state index contributed by atoms with van der Waals surface area (Å²) in [5.74, 6) is -0.116. The summed E-state index contributed by atoms with van der Waals surface area (Å²) >= 11 is 0. The summed E-state index contributed by atoms with van der Waals surface area (Å²) in [6.45, 7) is 1.99. The smallest absolute Gasteiger partial charge is 0.335 e. The van der Waals surface area contributed by atoms with Crippen LogP contribution in [0.4, 0.5) is 0 Å². The molecule has 1 aromatic rings. The molecule has 1 aromatic heterocycles. The van der Waals surface area contributed by atoms with E-state index in [4.69, 9.17) is 9.15 Å². The minimum absolute atomic E-state index is 0.0367. The number of epoxide rings is 1. The number of aliphatic hydroxyl groups excluding tert-OH is 3. The molecule has 1 aliphatic heterocycles. The zero-order valence-corrected chi connectivity index (χ0v) is 17.9. The molecule has 5 aliphatic rings. The lowest BCUT2D eigenvalue weighted by Gasteiger charge is -2.65. The van der Waals surface area contributed by atoms with Crippen molar-refractivity contribution in [2.45, 2.75) is 87.3 Å². The zero-order valence-electron chi connectivity index (χ0n) is 17.9. The molecule has 1 saturated heterocycles. The standard InChI is InChI=1S/C24H32O7/c1-21-10-17(27)20-15(5-7-23(29)9-14(26)4-6-22(20,23)12-25)24(21)18(31-24)8-16(21)13-2-3-19(28)30-11-13/h2-3,11,14-18,20,25-27,29H,4-10,12H2,1H3/t14-,15+,16+,17+,18+,20+,21+,22-,23-,24+/m0/s1. The third-order valence-corrected chi connectivity index (χ3v) is 10.2. The van der Waals surface area contributed by atoms with E-state index in [1.54, 1.807) is 6.26 Å². The van der Waals surface area contributed by atoms with Crippen LogP contribution >= 0.6 is 0 Å². The second-order valence-electron chi connectivity index (χ2n) is 11.2. The summed E-state index contributed by atoms with van der Waals surface area (Å²) < 4.78 is 11.6. The number of hydrogen-bond donors (Lipinski definition) is 4. The molecule has 1 spiro atoms. The van der Waals surface area contributed by atoms with Gasteiger partial charge in [0, 0.05) is 29.2 Å². The fraction of sp³-hybridized carbons (Fsp3) is 0.792. The maximum atomic E-state index is 11.6. The zero-order chi connectivity index (χ0) is 21.8. The van der Waals surface area contributed by atoms with E-state index >= 15 is 0 Å². The summed E-state index contributed by atoms with van der Waals surface area (Å²) in [4.78, 5) is 11.5. The van der Waals surface area contributed by atoms with Crippen LogP contribution in [0, 0.1) is 22.7 Å². The normalized spacial score (nSPS) is 55.0. The van der Waals surface area contributed by atoms with Gasteiger partial charge in [0.25, 0.3) is 0 Å². The number of hydrogen-bond acceptors (Lipinski definition) is 7. The lowest BCUT2D eigenvalue weighted by atomic mass is 9.41. The highest BCUT2D eigenvalue weighted by molar-refractivity contribution is 5.36. The van der Waals surface area contributed by atoms with Gasteiger partial charge in [0.15, 0.2) is 0 Å². The first-order chi connectivity index (χ1) is 14.7. The second-order valence-corrected chi connectivity index (χ2v) is 11.2. The Morgan fingerprint density at radius 3 is 2.68 bits per heavy atom. The molecule has 4 N–H and O–H groups in total. The highest BCUT2D eigenvalue weighted by Gasteiger charge is 2.83. The molecule has 0 amide bonds.